The first-order valence-corrected chi connectivity index (χ1v) is 11.3. The summed E-state index contributed by atoms with van der Waals surface area (Å²) >= 11 is 0. The summed E-state index contributed by atoms with van der Waals surface area (Å²) in [7, 11) is 1.54. The number of ether oxygens (including phenoxy) is 2. The molecule has 0 radical (unpaired) electrons. The molecule has 1 amide bonds. The van der Waals surface area contributed by atoms with E-state index in [1.807, 2.05) is 31.7 Å². The van der Waals surface area contributed by atoms with Crippen LogP contribution in [0.2, 0.25) is 0 Å². The van der Waals surface area contributed by atoms with Crippen LogP contribution in [-0.2, 0) is 16.1 Å². The van der Waals surface area contributed by atoms with Crippen LogP contribution < -0.4 is 14.8 Å². The van der Waals surface area contributed by atoms with Gasteiger partial charge in [-0.05, 0) is 63.3 Å². The van der Waals surface area contributed by atoms with E-state index in [9.17, 15) is 9.59 Å². The standard InChI is InChI=1S/C25H40N2O4/c1-7-27(20(4)5)18-25(29)31-22-15-14-21(16-23(22)30-6)17-26-24(28)13-11-9-8-10-12-19(2)3/h10,12,14-16,19-20H,7-9,11,13,17-18H2,1-6H3,(H,26,28)/b12-10+. The van der Waals surface area contributed by atoms with Crippen molar-refractivity contribution >= 4 is 11.9 Å². The number of allylic oxidation sites excluding steroid dienone is 2. The molecule has 0 atom stereocenters. The largest absolute Gasteiger partial charge is 0.493 e. The van der Waals surface area contributed by atoms with E-state index in [4.69, 9.17) is 9.47 Å². The van der Waals surface area contributed by atoms with Crippen molar-refractivity contribution in [3.05, 3.63) is 35.9 Å². The van der Waals surface area contributed by atoms with Crippen LogP contribution in [0.4, 0.5) is 0 Å². The third-order valence-electron chi connectivity index (χ3n) is 4.96. The summed E-state index contributed by atoms with van der Waals surface area (Å²) in [5.41, 5.74) is 0.891. The summed E-state index contributed by atoms with van der Waals surface area (Å²) in [4.78, 5) is 26.4. The highest BCUT2D eigenvalue weighted by molar-refractivity contribution is 5.76. The lowest BCUT2D eigenvalue weighted by Crippen LogP contribution is -2.37. The number of amides is 1. The number of unbranched alkanes of at least 4 members (excludes halogenated alkanes) is 2. The lowest BCUT2D eigenvalue weighted by atomic mass is 10.1. The minimum atomic E-state index is -0.321. The van der Waals surface area contributed by atoms with Crippen LogP contribution in [0.5, 0.6) is 11.5 Å². The van der Waals surface area contributed by atoms with Crippen molar-refractivity contribution in [1.82, 2.24) is 10.2 Å². The zero-order chi connectivity index (χ0) is 23.2. The summed E-state index contributed by atoms with van der Waals surface area (Å²) in [5, 5.41) is 2.94. The van der Waals surface area contributed by atoms with Crippen molar-refractivity contribution in [1.29, 1.82) is 0 Å². The van der Waals surface area contributed by atoms with E-state index < -0.39 is 0 Å². The Morgan fingerprint density at radius 2 is 1.87 bits per heavy atom. The highest BCUT2D eigenvalue weighted by Crippen LogP contribution is 2.28. The Kier molecular flexibility index (Phi) is 12.6. The van der Waals surface area contributed by atoms with Gasteiger partial charge >= 0.3 is 5.97 Å². The molecule has 1 N–H and O–H groups in total. The number of hydrogen-bond donors (Lipinski definition) is 1. The van der Waals surface area contributed by atoms with Crippen molar-refractivity contribution in [2.75, 3.05) is 20.2 Å². The third-order valence-corrected chi connectivity index (χ3v) is 4.96. The molecule has 0 bridgehead atoms. The maximum absolute atomic E-state index is 12.3. The van der Waals surface area contributed by atoms with Gasteiger partial charge in [-0.25, -0.2) is 0 Å². The third kappa shape index (κ3) is 11.0. The average molecular weight is 433 g/mol. The number of benzene rings is 1. The Morgan fingerprint density at radius 1 is 1.13 bits per heavy atom. The topological polar surface area (TPSA) is 67.9 Å². The Balaban J connectivity index is 2.50. The second-order valence-electron chi connectivity index (χ2n) is 8.31. The Bertz CT molecular complexity index is 713. The second-order valence-corrected chi connectivity index (χ2v) is 8.31. The lowest BCUT2D eigenvalue weighted by Gasteiger charge is -2.23. The molecule has 0 heterocycles. The quantitative estimate of drug-likeness (QED) is 0.199. The molecule has 1 rings (SSSR count). The van der Waals surface area contributed by atoms with Gasteiger partial charge in [-0.2, -0.15) is 0 Å². The SMILES string of the molecule is CCN(CC(=O)Oc1ccc(CNC(=O)CCCC/C=C/C(C)C)cc1OC)C(C)C. The van der Waals surface area contributed by atoms with Gasteiger partial charge < -0.3 is 14.8 Å². The van der Waals surface area contributed by atoms with E-state index >= 15 is 0 Å². The fourth-order valence-corrected chi connectivity index (χ4v) is 3.09. The fraction of sp³-hybridized carbons (Fsp3) is 0.600. The normalized spacial score (nSPS) is 11.5. The number of methoxy groups -OCH3 is 1. The molecule has 0 aliphatic carbocycles. The number of likely N-dealkylation sites (N-methyl/N-ethyl adjacent to an activating group) is 1. The molecule has 31 heavy (non-hydrogen) atoms. The highest BCUT2D eigenvalue weighted by atomic mass is 16.6. The number of rotatable bonds is 14. The molecular formula is C25H40N2O4. The van der Waals surface area contributed by atoms with E-state index in [0.717, 1.165) is 31.4 Å². The van der Waals surface area contributed by atoms with E-state index in [1.165, 1.54) is 7.11 Å². The molecule has 0 aliphatic rings. The minimum absolute atomic E-state index is 0.0376. The van der Waals surface area contributed by atoms with Gasteiger partial charge in [0.25, 0.3) is 0 Å². The van der Waals surface area contributed by atoms with Crippen molar-refractivity contribution < 1.29 is 19.1 Å². The van der Waals surface area contributed by atoms with Gasteiger partial charge in [0.15, 0.2) is 11.5 Å². The van der Waals surface area contributed by atoms with Gasteiger partial charge in [0, 0.05) is 19.0 Å². The summed E-state index contributed by atoms with van der Waals surface area (Å²) in [6.07, 6.45) is 7.79. The van der Waals surface area contributed by atoms with Crippen LogP contribution in [0.3, 0.4) is 0 Å². The van der Waals surface area contributed by atoms with E-state index in [2.05, 4.69) is 31.3 Å². The van der Waals surface area contributed by atoms with Gasteiger partial charge in [0.1, 0.15) is 0 Å². The van der Waals surface area contributed by atoms with Crippen LogP contribution in [0.15, 0.2) is 30.4 Å². The van der Waals surface area contributed by atoms with Gasteiger partial charge in [-0.3, -0.25) is 14.5 Å². The molecule has 0 saturated carbocycles. The molecule has 0 fully saturated rings. The van der Waals surface area contributed by atoms with Gasteiger partial charge in [-0.1, -0.05) is 39.0 Å². The molecule has 6 nitrogen and oxygen atoms in total. The van der Waals surface area contributed by atoms with Crippen LogP contribution in [-0.4, -0.2) is 43.0 Å². The number of carbonyl (C=O) groups excluding carboxylic acids is 2. The molecule has 0 aromatic heterocycles. The molecule has 0 unspecified atom stereocenters. The van der Waals surface area contributed by atoms with Gasteiger partial charge in [0.05, 0.1) is 13.7 Å². The van der Waals surface area contributed by atoms with Crippen LogP contribution >= 0.6 is 0 Å². The zero-order valence-electron chi connectivity index (χ0n) is 20.1. The first kappa shape index (κ1) is 26.7. The van der Waals surface area contributed by atoms with Crippen molar-refractivity contribution in [2.24, 2.45) is 5.92 Å². The molecule has 1 aromatic carbocycles. The highest BCUT2D eigenvalue weighted by Gasteiger charge is 2.16. The first-order valence-electron chi connectivity index (χ1n) is 11.3. The van der Waals surface area contributed by atoms with Crippen LogP contribution in [0.25, 0.3) is 0 Å². The predicted octanol–water partition coefficient (Wildman–Crippen LogP) is 4.72. The number of esters is 1. The predicted molar refractivity (Wildman–Crippen MR) is 125 cm³/mol. The van der Waals surface area contributed by atoms with E-state index in [0.29, 0.717) is 30.4 Å². The summed E-state index contributed by atoms with van der Waals surface area (Å²) < 4.78 is 10.9. The van der Waals surface area contributed by atoms with Crippen LogP contribution in [0, 0.1) is 5.92 Å². The molecule has 174 valence electrons. The maximum atomic E-state index is 12.3. The average Bonchev–Trinajstić information content (AvgIpc) is 2.73. The van der Waals surface area contributed by atoms with Crippen molar-refractivity contribution in [3.63, 3.8) is 0 Å². The first-order chi connectivity index (χ1) is 14.8. The molecule has 1 aromatic rings. The monoisotopic (exact) mass is 432 g/mol. The number of carbonyl (C=O) groups is 2. The van der Waals surface area contributed by atoms with E-state index in [1.54, 1.807) is 12.1 Å². The molecule has 0 saturated heterocycles. The Hall–Kier alpha value is -2.34. The zero-order valence-corrected chi connectivity index (χ0v) is 20.1. The smallest absolute Gasteiger partial charge is 0.325 e. The van der Waals surface area contributed by atoms with Crippen molar-refractivity contribution in [3.8, 4) is 11.5 Å². The summed E-state index contributed by atoms with van der Waals surface area (Å²) in [5.74, 6) is 1.15. The fourth-order valence-electron chi connectivity index (χ4n) is 3.09. The van der Waals surface area contributed by atoms with Crippen LogP contribution in [0.1, 0.15) is 65.9 Å². The number of nitrogens with zero attached hydrogens (tertiary/aromatic N) is 1. The summed E-state index contributed by atoms with van der Waals surface area (Å²) in [6, 6.07) is 5.61. The van der Waals surface area contributed by atoms with Crippen molar-refractivity contribution in [2.45, 2.75) is 72.9 Å². The second kappa shape index (κ2) is 14.6. The molecular weight excluding hydrogens is 392 g/mol. The Labute approximate surface area is 188 Å². The number of hydrogen-bond acceptors (Lipinski definition) is 5. The van der Waals surface area contributed by atoms with E-state index in [-0.39, 0.29) is 24.5 Å². The van der Waals surface area contributed by atoms with Gasteiger partial charge in [0.2, 0.25) is 5.91 Å². The lowest BCUT2D eigenvalue weighted by molar-refractivity contribution is -0.136. The Morgan fingerprint density at radius 3 is 2.48 bits per heavy atom. The number of nitrogens with one attached hydrogen (secondary N) is 1. The van der Waals surface area contributed by atoms with Gasteiger partial charge in [-0.15, -0.1) is 0 Å². The summed E-state index contributed by atoms with van der Waals surface area (Å²) in [6.45, 7) is 11.8. The molecule has 0 aliphatic heterocycles. The molecule has 0 spiro atoms. The maximum Gasteiger partial charge on any atom is 0.325 e. The molecule has 6 heteroatoms. The minimum Gasteiger partial charge on any atom is -0.493 e.